The summed E-state index contributed by atoms with van der Waals surface area (Å²) >= 11 is 0. The minimum atomic E-state index is -0.523. The molecule has 33 heavy (non-hydrogen) atoms. The molecule has 1 saturated carbocycles. The van der Waals surface area contributed by atoms with Gasteiger partial charge in [0.1, 0.15) is 11.6 Å². The highest BCUT2D eigenvalue weighted by atomic mass is 19.1. The maximum Gasteiger partial charge on any atom is 0.250 e. The van der Waals surface area contributed by atoms with E-state index in [0.29, 0.717) is 35.0 Å². The van der Waals surface area contributed by atoms with Crippen molar-refractivity contribution in [3.8, 4) is 17.0 Å². The summed E-state index contributed by atoms with van der Waals surface area (Å²) in [6.07, 6.45) is 5.23. The SMILES string of the molecule is COc1ccc(F)cc1N(C=O)Cc1ccc(-c2nc(C3CCCC3)ccc2C(N)=O)cc1. The number of aromatic nitrogens is 1. The smallest absolute Gasteiger partial charge is 0.250 e. The summed E-state index contributed by atoms with van der Waals surface area (Å²) in [6, 6.07) is 15.1. The molecule has 7 heteroatoms. The summed E-state index contributed by atoms with van der Waals surface area (Å²) < 4.78 is 19.0. The van der Waals surface area contributed by atoms with Gasteiger partial charge in [0.15, 0.2) is 0 Å². The fourth-order valence-corrected chi connectivity index (χ4v) is 4.37. The highest BCUT2D eigenvalue weighted by Gasteiger charge is 2.21. The summed E-state index contributed by atoms with van der Waals surface area (Å²) in [5, 5.41) is 0. The predicted molar refractivity (Wildman–Crippen MR) is 125 cm³/mol. The van der Waals surface area contributed by atoms with Crippen molar-refractivity contribution in [3.63, 3.8) is 0 Å². The predicted octanol–water partition coefficient (Wildman–Crippen LogP) is 4.82. The van der Waals surface area contributed by atoms with E-state index in [1.807, 2.05) is 30.3 Å². The lowest BCUT2D eigenvalue weighted by Crippen LogP contribution is -2.21. The monoisotopic (exact) mass is 447 g/mol. The molecule has 1 aromatic heterocycles. The third-order valence-electron chi connectivity index (χ3n) is 6.11. The van der Waals surface area contributed by atoms with Crippen LogP contribution in [-0.2, 0) is 11.3 Å². The molecular formula is C26H26FN3O3. The lowest BCUT2D eigenvalue weighted by Gasteiger charge is -2.20. The minimum absolute atomic E-state index is 0.224. The van der Waals surface area contributed by atoms with Gasteiger partial charge in [0.25, 0.3) is 5.91 Å². The van der Waals surface area contributed by atoms with Crippen molar-refractivity contribution in [2.24, 2.45) is 5.73 Å². The maximum atomic E-state index is 13.8. The standard InChI is InChI=1S/C26H26FN3O3/c1-33-24-13-10-20(27)14-23(24)30(16-31)15-17-6-8-19(9-7-17)25-21(26(28)32)11-12-22(29-25)18-4-2-3-5-18/h6-14,16,18H,2-5,15H2,1H3,(H2,28,32). The molecule has 1 fully saturated rings. The number of carbonyl (C=O) groups is 2. The Balaban J connectivity index is 1.62. The number of primary amides is 1. The topological polar surface area (TPSA) is 85.5 Å². The lowest BCUT2D eigenvalue weighted by molar-refractivity contribution is -0.107. The first-order chi connectivity index (χ1) is 16.0. The second-order valence-corrected chi connectivity index (χ2v) is 8.22. The van der Waals surface area contributed by atoms with Gasteiger partial charge in [-0.3, -0.25) is 14.6 Å². The molecule has 0 spiro atoms. The summed E-state index contributed by atoms with van der Waals surface area (Å²) in [5.41, 5.74) is 9.48. The number of nitrogens with two attached hydrogens (primary N) is 1. The summed E-state index contributed by atoms with van der Waals surface area (Å²) in [4.78, 5) is 30.0. The summed E-state index contributed by atoms with van der Waals surface area (Å²) in [7, 11) is 1.47. The van der Waals surface area contributed by atoms with E-state index in [1.54, 1.807) is 6.07 Å². The largest absolute Gasteiger partial charge is 0.495 e. The van der Waals surface area contributed by atoms with Crippen LogP contribution in [0.2, 0.25) is 0 Å². The number of rotatable bonds is 8. The van der Waals surface area contributed by atoms with Crippen molar-refractivity contribution in [2.45, 2.75) is 38.1 Å². The number of amides is 2. The average molecular weight is 448 g/mol. The van der Waals surface area contributed by atoms with E-state index < -0.39 is 11.7 Å². The van der Waals surface area contributed by atoms with Gasteiger partial charge in [0, 0.05) is 23.2 Å². The van der Waals surface area contributed by atoms with Crippen LogP contribution in [-0.4, -0.2) is 24.4 Å². The molecule has 0 saturated heterocycles. The van der Waals surface area contributed by atoms with Crippen molar-refractivity contribution in [3.05, 3.63) is 77.2 Å². The zero-order valence-corrected chi connectivity index (χ0v) is 18.5. The van der Waals surface area contributed by atoms with Crippen LogP contribution in [0.4, 0.5) is 10.1 Å². The van der Waals surface area contributed by atoms with Gasteiger partial charge in [-0.2, -0.15) is 0 Å². The van der Waals surface area contributed by atoms with E-state index in [0.717, 1.165) is 29.7 Å². The molecule has 2 N–H and O–H groups in total. The van der Waals surface area contributed by atoms with Crippen molar-refractivity contribution in [1.82, 2.24) is 4.98 Å². The highest BCUT2D eigenvalue weighted by Crippen LogP contribution is 2.35. The molecule has 0 aliphatic heterocycles. The fourth-order valence-electron chi connectivity index (χ4n) is 4.37. The molecule has 4 rings (SSSR count). The quantitative estimate of drug-likeness (QED) is 0.502. The molecule has 0 radical (unpaired) electrons. The molecule has 170 valence electrons. The van der Waals surface area contributed by atoms with Crippen molar-refractivity contribution in [1.29, 1.82) is 0 Å². The second-order valence-electron chi connectivity index (χ2n) is 8.22. The molecule has 2 amide bonds. The van der Waals surface area contributed by atoms with Crippen LogP contribution in [0.25, 0.3) is 11.3 Å². The first-order valence-electron chi connectivity index (χ1n) is 11.0. The number of nitrogens with zero attached hydrogens (tertiary/aromatic N) is 2. The van der Waals surface area contributed by atoms with Crippen LogP contribution in [0.3, 0.4) is 0 Å². The molecule has 1 aliphatic carbocycles. The Bertz CT molecular complexity index is 1160. The normalized spacial score (nSPS) is 13.6. The molecule has 3 aromatic rings. The Morgan fingerprint density at radius 1 is 1.15 bits per heavy atom. The molecule has 2 aromatic carbocycles. The van der Waals surface area contributed by atoms with Crippen molar-refractivity contribution < 1.29 is 18.7 Å². The third-order valence-corrected chi connectivity index (χ3v) is 6.11. The second kappa shape index (κ2) is 9.81. The van der Waals surface area contributed by atoms with Gasteiger partial charge in [-0.1, -0.05) is 37.1 Å². The molecule has 6 nitrogen and oxygen atoms in total. The molecule has 0 unspecified atom stereocenters. The minimum Gasteiger partial charge on any atom is -0.495 e. The molecule has 1 heterocycles. The number of ether oxygens (including phenoxy) is 1. The Morgan fingerprint density at radius 3 is 2.52 bits per heavy atom. The number of halogens is 1. The zero-order chi connectivity index (χ0) is 23.4. The number of benzene rings is 2. The Hall–Kier alpha value is -3.74. The van der Waals surface area contributed by atoms with Gasteiger partial charge in [-0.05, 0) is 42.7 Å². The molecular weight excluding hydrogens is 421 g/mol. The van der Waals surface area contributed by atoms with Gasteiger partial charge in [0.2, 0.25) is 6.41 Å². The van der Waals surface area contributed by atoms with Gasteiger partial charge >= 0.3 is 0 Å². The van der Waals surface area contributed by atoms with E-state index in [4.69, 9.17) is 15.5 Å². The van der Waals surface area contributed by atoms with E-state index in [9.17, 15) is 14.0 Å². The first kappa shape index (κ1) is 22.5. The summed E-state index contributed by atoms with van der Waals surface area (Å²) in [5.74, 6) is -0.170. The maximum absolute atomic E-state index is 13.8. The van der Waals surface area contributed by atoms with Crippen LogP contribution in [0.5, 0.6) is 5.75 Å². The Kier molecular flexibility index (Phi) is 6.68. The summed E-state index contributed by atoms with van der Waals surface area (Å²) in [6.45, 7) is 0.224. The van der Waals surface area contributed by atoms with E-state index in [-0.39, 0.29) is 6.54 Å². The fraction of sp³-hybridized carbons (Fsp3) is 0.269. The third kappa shape index (κ3) is 4.87. The average Bonchev–Trinajstić information content (AvgIpc) is 3.37. The molecule has 0 atom stereocenters. The van der Waals surface area contributed by atoms with Crippen molar-refractivity contribution >= 4 is 18.0 Å². The van der Waals surface area contributed by atoms with Gasteiger partial charge < -0.3 is 15.4 Å². The van der Waals surface area contributed by atoms with Gasteiger partial charge in [-0.25, -0.2) is 4.39 Å². The van der Waals surface area contributed by atoms with E-state index >= 15 is 0 Å². The van der Waals surface area contributed by atoms with Crippen LogP contribution in [0.15, 0.2) is 54.6 Å². The number of hydrogen-bond donors (Lipinski definition) is 1. The Morgan fingerprint density at radius 2 is 1.88 bits per heavy atom. The van der Waals surface area contributed by atoms with Crippen LogP contribution >= 0.6 is 0 Å². The highest BCUT2D eigenvalue weighted by molar-refractivity contribution is 5.98. The van der Waals surface area contributed by atoms with E-state index in [2.05, 4.69) is 0 Å². The molecule has 1 aliphatic rings. The van der Waals surface area contributed by atoms with E-state index in [1.165, 1.54) is 43.1 Å². The number of hydrogen-bond acceptors (Lipinski definition) is 4. The number of methoxy groups -OCH3 is 1. The van der Waals surface area contributed by atoms with Crippen LogP contribution in [0, 0.1) is 5.82 Å². The lowest BCUT2D eigenvalue weighted by atomic mass is 9.98. The molecule has 0 bridgehead atoms. The van der Waals surface area contributed by atoms with Crippen LogP contribution in [0.1, 0.15) is 53.2 Å². The number of anilines is 1. The van der Waals surface area contributed by atoms with Crippen molar-refractivity contribution in [2.75, 3.05) is 12.0 Å². The Labute approximate surface area is 192 Å². The van der Waals surface area contributed by atoms with Crippen LogP contribution < -0.4 is 15.4 Å². The zero-order valence-electron chi connectivity index (χ0n) is 18.5. The number of carbonyl (C=O) groups excluding carboxylic acids is 2. The van der Waals surface area contributed by atoms with Gasteiger partial charge in [0.05, 0.1) is 30.6 Å². The van der Waals surface area contributed by atoms with Gasteiger partial charge in [-0.15, -0.1) is 0 Å². The first-order valence-corrected chi connectivity index (χ1v) is 11.0. The number of pyridine rings is 1.